The van der Waals surface area contributed by atoms with Gasteiger partial charge in [0.2, 0.25) is 10.0 Å². The standard InChI is InChI=1S/C25H31N7O5S/c1-15-11-16(2)22(17(3)12-15)38(36,37)30-20(25(34)35)13-27-24(33)21-14-32(31-29-21)10-8-19-7-6-18-5-4-9-26-23(18)28-19/h6-7,11-12,14,20,30H,4-5,8-10,13H2,1-3H3,(H,26,28)(H,27,33)(H,34,35). The van der Waals surface area contributed by atoms with Gasteiger partial charge < -0.3 is 15.7 Å². The topological polar surface area (TPSA) is 168 Å². The molecule has 4 rings (SSSR count). The Hall–Kier alpha value is -3.84. The number of carboxylic acids is 1. The van der Waals surface area contributed by atoms with E-state index in [-0.39, 0.29) is 10.6 Å². The van der Waals surface area contributed by atoms with Crippen LogP contribution >= 0.6 is 0 Å². The van der Waals surface area contributed by atoms with E-state index in [1.54, 1.807) is 26.0 Å². The lowest BCUT2D eigenvalue weighted by molar-refractivity contribution is -0.138. The summed E-state index contributed by atoms with van der Waals surface area (Å²) in [5, 5.41) is 23.1. The number of carbonyl (C=O) groups excluding carboxylic acids is 1. The number of aliphatic carboxylic acids is 1. The van der Waals surface area contributed by atoms with Crippen LogP contribution in [0.4, 0.5) is 5.82 Å². The number of carboxylic acid groups (broad SMARTS) is 1. The van der Waals surface area contributed by atoms with Gasteiger partial charge in [-0.2, -0.15) is 4.72 Å². The molecule has 0 spiro atoms. The lowest BCUT2D eigenvalue weighted by Gasteiger charge is -2.18. The van der Waals surface area contributed by atoms with Gasteiger partial charge in [0.1, 0.15) is 11.9 Å². The molecule has 1 amide bonds. The number of anilines is 1. The summed E-state index contributed by atoms with van der Waals surface area (Å²) in [5.41, 5.74) is 3.97. The highest BCUT2D eigenvalue weighted by Crippen LogP contribution is 2.22. The maximum atomic E-state index is 13.0. The van der Waals surface area contributed by atoms with Gasteiger partial charge in [-0.1, -0.05) is 29.0 Å². The van der Waals surface area contributed by atoms with Gasteiger partial charge in [0.05, 0.1) is 11.1 Å². The second-order valence-electron chi connectivity index (χ2n) is 9.41. The molecule has 1 aliphatic heterocycles. The van der Waals surface area contributed by atoms with Crippen LogP contribution in [0.1, 0.15) is 44.9 Å². The fourth-order valence-electron chi connectivity index (χ4n) is 4.55. The van der Waals surface area contributed by atoms with Gasteiger partial charge in [-0.05, 0) is 56.4 Å². The van der Waals surface area contributed by atoms with E-state index in [9.17, 15) is 23.1 Å². The van der Waals surface area contributed by atoms with Crippen molar-refractivity contribution in [3.8, 4) is 0 Å². The van der Waals surface area contributed by atoms with E-state index in [1.165, 1.54) is 16.4 Å². The second kappa shape index (κ2) is 11.3. The number of pyridine rings is 1. The molecule has 12 nitrogen and oxygen atoms in total. The first kappa shape index (κ1) is 27.2. The summed E-state index contributed by atoms with van der Waals surface area (Å²) < 4.78 is 29.6. The summed E-state index contributed by atoms with van der Waals surface area (Å²) in [6.45, 7) is 6.01. The molecule has 0 radical (unpaired) electrons. The molecule has 3 heterocycles. The van der Waals surface area contributed by atoms with Crippen molar-refractivity contribution in [3.05, 3.63) is 64.1 Å². The Morgan fingerprint density at radius 1 is 1.18 bits per heavy atom. The predicted octanol–water partition coefficient (Wildman–Crippen LogP) is 1.36. The number of nitrogens with zero attached hydrogens (tertiary/aromatic N) is 4. The van der Waals surface area contributed by atoms with Crippen molar-refractivity contribution >= 4 is 27.7 Å². The largest absolute Gasteiger partial charge is 0.480 e. The van der Waals surface area contributed by atoms with Crippen LogP contribution in [0.15, 0.2) is 35.4 Å². The number of fused-ring (bicyclic) bond motifs is 1. The predicted molar refractivity (Wildman–Crippen MR) is 140 cm³/mol. The minimum absolute atomic E-state index is 0.0118. The lowest BCUT2D eigenvalue weighted by Crippen LogP contribution is -2.48. The number of carbonyl (C=O) groups is 2. The van der Waals surface area contributed by atoms with Crippen LogP contribution in [0.25, 0.3) is 0 Å². The average molecular weight is 542 g/mol. The van der Waals surface area contributed by atoms with Gasteiger partial charge in [0.15, 0.2) is 5.69 Å². The van der Waals surface area contributed by atoms with Crippen LogP contribution in [-0.4, -0.2) is 64.5 Å². The Morgan fingerprint density at radius 3 is 2.63 bits per heavy atom. The Balaban J connectivity index is 1.35. The third kappa shape index (κ3) is 6.34. The highest BCUT2D eigenvalue weighted by molar-refractivity contribution is 7.89. The molecular weight excluding hydrogens is 510 g/mol. The molecule has 0 fully saturated rings. The van der Waals surface area contributed by atoms with Gasteiger partial charge in [-0.25, -0.2) is 13.4 Å². The zero-order valence-corrected chi connectivity index (χ0v) is 22.3. The summed E-state index contributed by atoms with van der Waals surface area (Å²) >= 11 is 0. The zero-order chi connectivity index (χ0) is 27.4. The number of hydrogen-bond donors (Lipinski definition) is 4. The molecule has 0 aliphatic carbocycles. The quantitative estimate of drug-likeness (QED) is 0.296. The normalized spacial score (nSPS) is 13.9. The van der Waals surface area contributed by atoms with Crippen LogP contribution < -0.4 is 15.4 Å². The van der Waals surface area contributed by atoms with E-state index >= 15 is 0 Å². The first-order valence-corrected chi connectivity index (χ1v) is 13.8. The smallest absolute Gasteiger partial charge is 0.323 e. The van der Waals surface area contributed by atoms with Crippen LogP contribution in [0.2, 0.25) is 0 Å². The monoisotopic (exact) mass is 541 g/mol. The molecule has 1 atom stereocenters. The van der Waals surface area contributed by atoms with Gasteiger partial charge in [0, 0.05) is 31.7 Å². The highest BCUT2D eigenvalue weighted by Gasteiger charge is 2.28. The van der Waals surface area contributed by atoms with Crippen molar-refractivity contribution in [1.29, 1.82) is 0 Å². The maximum absolute atomic E-state index is 13.0. The number of aromatic nitrogens is 4. The van der Waals surface area contributed by atoms with E-state index in [0.717, 1.165) is 36.5 Å². The molecule has 0 saturated carbocycles. The van der Waals surface area contributed by atoms with E-state index < -0.39 is 34.5 Å². The maximum Gasteiger partial charge on any atom is 0.323 e. The van der Waals surface area contributed by atoms with Crippen molar-refractivity contribution < 1.29 is 23.1 Å². The van der Waals surface area contributed by atoms with Gasteiger partial charge in [0.25, 0.3) is 5.91 Å². The van der Waals surface area contributed by atoms with Crippen LogP contribution in [0.3, 0.4) is 0 Å². The fraction of sp³-hybridized carbons (Fsp3) is 0.400. The average Bonchev–Trinajstić information content (AvgIpc) is 3.33. The third-order valence-corrected chi connectivity index (χ3v) is 8.03. The van der Waals surface area contributed by atoms with Gasteiger partial charge in [-0.3, -0.25) is 14.3 Å². The molecule has 2 aromatic heterocycles. The lowest BCUT2D eigenvalue weighted by atomic mass is 10.1. The number of amides is 1. The molecular formula is C25H31N7O5S. The Bertz CT molecular complexity index is 1450. The van der Waals surface area contributed by atoms with E-state index in [1.807, 2.05) is 13.0 Å². The van der Waals surface area contributed by atoms with Crippen LogP contribution in [0.5, 0.6) is 0 Å². The number of rotatable bonds is 10. The number of hydrogen-bond acceptors (Lipinski definition) is 8. The van der Waals surface area contributed by atoms with E-state index in [0.29, 0.717) is 24.1 Å². The molecule has 0 bridgehead atoms. The summed E-state index contributed by atoms with van der Waals surface area (Å²) in [7, 11) is -4.16. The second-order valence-corrected chi connectivity index (χ2v) is 11.1. The molecule has 1 aromatic carbocycles. The third-order valence-electron chi connectivity index (χ3n) is 6.26. The Morgan fingerprint density at radius 2 is 1.92 bits per heavy atom. The molecule has 1 unspecified atom stereocenters. The summed E-state index contributed by atoms with van der Waals surface area (Å²) in [5.74, 6) is -1.18. The summed E-state index contributed by atoms with van der Waals surface area (Å²) in [4.78, 5) is 29.0. The van der Waals surface area contributed by atoms with Gasteiger partial charge >= 0.3 is 5.97 Å². The van der Waals surface area contributed by atoms with Crippen molar-refractivity contribution in [2.45, 2.75) is 57.5 Å². The van der Waals surface area contributed by atoms with Crippen molar-refractivity contribution in [1.82, 2.24) is 30.0 Å². The van der Waals surface area contributed by atoms with E-state index in [2.05, 4.69) is 36.7 Å². The molecule has 3 aromatic rings. The zero-order valence-electron chi connectivity index (χ0n) is 21.5. The summed E-state index contributed by atoms with van der Waals surface area (Å²) in [6, 6.07) is 5.88. The first-order chi connectivity index (χ1) is 18.0. The van der Waals surface area contributed by atoms with Crippen LogP contribution in [-0.2, 0) is 34.2 Å². The first-order valence-electron chi connectivity index (χ1n) is 12.3. The van der Waals surface area contributed by atoms with Crippen molar-refractivity contribution in [2.75, 3.05) is 18.4 Å². The summed E-state index contributed by atoms with van der Waals surface area (Å²) in [6.07, 6.45) is 4.13. The molecule has 4 N–H and O–H groups in total. The molecule has 1 aliphatic rings. The van der Waals surface area contributed by atoms with Gasteiger partial charge in [-0.15, -0.1) is 5.10 Å². The number of benzene rings is 1. The van der Waals surface area contributed by atoms with E-state index in [4.69, 9.17) is 0 Å². The number of sulfonamides is 1. The molecule has 13 heteroatoms. The Labute approximate surface area is 220 Å². The number of nitrogens with one attached hydrogen (secondary N) is 3. The minimum atomic E-state index is -4.16. The highest BCUT2D eigenvalue weighted by atomic mass is 32.2. The fourth-order valence-corrected chi connectivity index (χ4v) is 6.19. The Kier molecular flexibility index (Phi) is 8.07. The van der Waals surface area contributed by atoms with Crippen LogP contribution in [0, 0.1) is 20.8 Å². The SMILES string of the molecule is Cc1cc(C)c(S(=O)(=O)NC(CNC(=O)c2cn(CCc3ccc4c(n3)NCCC4)nn2)C(=O)O)c(C)c1. The van der Waals surface area contributed by atoms with Crippen molar-refractivity contribution in [2.24, 2.45) is 0 Å². The minimum Gasteiger partial charge on any atom is -0.480 e. The molecule has 0 saturated heterocycles. The molecule has 202 valence electrons. The molecule has 38 heavy (non-hydrogen) atoms. The van der Waals surface area contributed by atoms with Crippen molar-refractivity contribution in [3.63, 3.8) is 0 Å². The number of aryl methyl sites for hydroxylation is 6.